The minimum atomic E-state index is -0.165. The van der Waals surface area contributed by atoms with Gasteiger partial charge in [0.25, 0.3) is 11.5 Å². The van der Waals surface area contributed by atoms with E-state index in [-0.39, 0.29) is 18.0 Å². The lowest BCUT2D eigenvalue weighted by Gasteiger charge is -2.28. The molecule has 0 saturated heterocycles. The Balaban J connectivity index is 1.76. The lowest BCUT2D eigenvalue weighted by Crippen LogP contribution is -2.40. The molecular formula is C17H15ClN4O2. The first-order chi connectivity index (χ1) is 11.5. The fraction of sp³-hybridized carbons (Fsp3) is 0.235. The van der Waals surface area contributed by atoms with Gasteiger partial charge < -0.3 is 9.47 Å². The van der Waals surface area contributed by atoms with E-state index in [1.165, 1.54) is 4.40 Å². The Hall–Kier alpha value is -2.60. The Bertz CT molecular complexity index is 1020. The van der Waals surface area contributed by atoms with Crippen molar-refractivity contribution in [1.29, 1.82) is 0 Å². The number of carbonyl (C=O) groups is 1. The number of hydrogen-bond acceptors (Lipinski definition) is 3. The molecular weight excluding hydrogens is 328 g/mol. The Morgan fingerprint density at radius 1 is 1.29 bits per heavy atom. The SMILES string of the molecule is Cn1cccc1C(=O)N1CCc2nc3ccc(Cl)cn3c(=O)c2C1. The van der Waals surface area contributed by atoms with Crippen LogP contribution in [0.25, 0.3) is 5.65 Å². The molecule has 0 bridgehead atoms. The van der Waals surface area contributed by atoms with E-state index in [0.29, 0.717) is 34.9 Å². The van der Waals surface area contributed by atoms with Gasteiger partial charge in [-0.15, -0.1) is 0 Å². The summed E-state index contributed by atoms with van der Waals surface area (Å²) in [6.07, 6.45) is 3.96. The van der Waals surface area contributed by atoms with E-state index in [2.05, 4.69) is 4.98 Å². The Labute approximate surface area is 142 Å². The predicted molar refractivity (Wildman–Crippen MR) is 90.3 cm³/mol. The first kappa shape index (κ1) is 15.0. The van der Waals surface area contributed by atoms with Crippen LogP contribution in [0.3, 0.4) is 0 Å². The van der Waals surface area contributed by atoms with Crippen LogP contribution in [0, 0.1) is 0 Å². The number of hydrogen-bond donors (Lipinski definition) is 0. The Morgan fingerprint density at radius 3 is 2.88 bits per heavy atom. The highest BCUT2D eigenvalue weighted by molar-refractivity contribution is 6.30. The second kappa shape index (κ2) is 5.49. The molecule has 0 N–H and O–H groups in total. The molecule has 1 amide bonds. The maximum atomic E-state index is 12.8. The maximum absolute atomic E-state index is 12.8. The van der Waals surface area contributed by atoms with Crippen LogP contribution in [0.5, 0.6) is 0 Å². The third-order valence-electron chi connectivity index (χ3n) is 4.38. The van der Waals surface area contributed by atoms with Gasteiger partial charge in [0.15, 0.2) is 0 Å². The first-order valence-corrected chi connectivity index (χ1v) is 8.02. The molecule has 6 nitrogen and oxygen atoms in total. The number of rotatable bonds is 1. The van der Waals surface area contributed by atoms with Gasteiger partial charge in [0, 0.05) is 32.4 Å². The fourth-order valence-electron chi connectivity index (χ4n) is 3.09. The summed E-state index contributed by atoms with van der Waals surface area (Å²) in [6.45, 7) is 0.813. The molecule has 122 valence electrons. The minimum absolute atomic E-state index is 0.0799. The van der Waals surface area contributed by atoms with Gasteiger partial charge in [-0.05, 0) is 24.3 Å². The van der Waals surface area contributed by atoms with Crippen LogP contribution in [-0.2, 0) is 20.0 Å². The van der Waals surface area contributed by atoms with E-state index in [1.807, 2.05) is 19.3 Å². The maximum Gasteiger partial charge on any atom is 0.270 e. The summed E-state index contributed by atoms with van der Waals surface area (Å²) in [7, 11) is 1.83. The number of pyridine rings is 1. The number of nitrogens with zero attached hydrogens (tertiary/aromatic N) is 4. The summed E-state index contributed by atoms with van der Waals surface area (Å²) in [5, 5.41) is 0.471. The third-order valence-corrected chi connectivity index (χ3v) is 4.61. The van der Waals surface area contributed by atoms with Gasteiger partial charge in [-0.1, -0.05) is 11.6 Å². The molecule has 4 rings (SSSR count). The molecule has 0 saturated carbocycles. The molecule has 0 radical (unpaired) electrons. The van der Waals surface area contributed by atoms with Crippen LogP contribution in [0.15, 0.2) is 41.5 Å². The summed E-state index contributed by atoms with van der Waals surface area (Å²) >= 11 is 5.98. The monoisotopic (exact) mass is 342 g/mol. The van der Waals surface area contributed by atoms with Crippen molar-refractivity contribution in [3.8, 4) is 0 Å². The van der Waals surface area contributed by atoms with Crippen molar-refractivity contribution < 1.29 is 4.79 Å². The smallest absolute Gasteiger partial charge is 0.270 e. The minimum Gasteiger partial charge on any atom is -0.347 e. The molecule has 0 spiro atoms. The zero-order valence-electron chi connectivity index (χ0n) is 13.1. The second-order valence-electron chi connectivity index (χ2n) is 5.90. The molecule has 0 aromatic carbocycles. The topological polar surface area (TPSA) is 59.6 Å². The van der Waals surface area contributed by atoms with Gasteiger partial charge in [0.05, 0.1) is 22.8 Å². The van der Waals surface area contributed by atoms with Crippen LogP contribution < -0.4 is 5.56 Å². The highest BCUT2D eigenvalue weighted by Crippen LogP contribution is 2.18. The predicted octanol–water partition coefficient (Wildman–Crippen LogP) is 1.88. The summed E-state index contributed by atoms with van der Waals surface area (Å²) in [5.74, 6) is -0.0799. The summed E-state index contributed by atoms with van der Waals surface area (Å²) < 4.78 is 3.22. The fourth-order valence-corrected chi connectivity index (χ4v) is 3.25. The largest absolute Gasteiger partial charge is 0.347 e. The number of amides is 1. The summed E-state index contributed by atoms with van der Waals surface area (Å²) in [4.78, 5) is 31.7. The lowest BCUT2D eigenvalue weighted by molar-refractivity contribution is 0.0723. The second-order valence-corrected chi connectivity index (χ2v) is 6.34. The van der Waals surface area contributed by atoms with Crippen LogP contribution in [0.2, 0.25) is 5.02 Å². The van der Waals surface area contributed by atoms with Crippen LogP contribution in [0.1, 0.15) is 21.7 Å². The zero-order valence-corrected chi connectivity index (χ0v) is 13.8. The normalized spacial score (nSPS) is 14.0. The van der Waals surface area contributed by atoms with Gasteiger partial charge in [0.1, 0.15) is 11.3 Å². The van der Waals surface area contributed by atoms with E-state index in [0.717, 1.165) is 5.69 Å². The van der Waals surface area contributed by atoms with E-state index in [4.69, 9.17) is 11.6 Å². The van der Waals surface area contributed by atoms with E-state index >= 15 is 0 Å². The molecule has 7 heteroatoms. The van der Waals surface area contributed by atoms with Crippen molar-refractivity contribution in [1.82, 2.24) is 18.9 Å². The molecule has 3 aromatic rings. The Kier molecular flexibility index (Phi) is 3.42. The van der Waals surface area contributed by atoms with Crippen LogP contribution >= 0.6 is 11.6 Å². The molecule has 0 fully saturated rings. The van der Waals surface area contributed by atoms with E-state index < -0.39 is 0 Å². The molecule has 0 aliphatic carbocycles. The average Bonchev–Trinajstić information content (AvgIpc) is 3.01. The van der Waals surface area contributed by atoms with Crippen molar-refractivity contribution in [3.63, 3.8) is 0 Å². The van der Waals surface area contributed by atoms with Crippen LogP contribution in [0.4, 0.5) is 0 Å². The standard InChI is InChI=1S/C17H15ClN4O2/c1-20-7-2-3-14(20)17(24)21-8-6-13-12(10-21)16(23)22-9-11(18)4-5-15(22)19-13/h2-5,7,9H,6,8,10H2,1H3. The lowest BCUT2D eigenvalue weighted by atomic mass is 10.1. The van der Waals surface area contributed by atoms with Gasteiger partial charge in [-0.25, -0.2) is 4.98 Å². The highest BCUT2D eigenvalue weighted by atomic mass is 35.5. The van der Waals surface area contributed by atoms with E-state index in [1.54, 1.807) is 33.9 Å². The van der Waals surface area contributed by atoms with Crippen molar-refractivity contribution in [2.45, 2.75) is 13.0 Å². The highest BCUT2D eigenvalue weighted by Gasteiger charge is 2.26. The molecule has 3 aromatic heterocycles. The Morgan fingerprint density at radius 2 is 2.12 bits per heavy atom. The number of aromatic nitrogens is 3. The average molecular weight is 343 g/mol. The van der Waals surface area contributed by atoms with Crippen molar-refractivity contribution in [2.75, 3.05) is 6.54 Å². The number of aryl methyl sites for hydroxylation is 1. The quantitative estimate of drug-likeness (QED) is 0.678. The molecule has 24 heavy (non-hydrogen) atoms. The van der Waals surface area contributed by atoms with Crippen molar-refractivity contribution >= 4 is 23.2 Å². The molecule has 0 unspecified atom stereocenters. The van der Waals surface area contributed by atoms with Gasteiger partial charge in [-0.2, -0.15) is 0 Å². The van der Waals surface area contributed by atoms with Gasteiger partial charge in [-0.3, -0.25) is 14.0 Å². The van der Waals surface area contributed by atoms with Crippen molar-refractivity contribution in [3.05, 3.63) is 69.0 Å². The molecule has 1 aliphatic heterocycles. The summed E-state index contributed by atoms with van der Waals surface area (Å²) in [5.41, 5.74) is 2.34. The molecule has 1 aliphatic rings. The first-order valence-electron chi connectivity index (χ1n) is 7.65. The van der Waals surface area contributed by atoms with Crippen molar-refractivity contribution in [2.24, 2.45) is 7.05 Å². The van der Waals surface area contributed by atoms with Gasteiger partial charge >= 0.3 is 0 Å². The van der Waals surface area contributed by atoms with Gasteiger partial charge in [0.2, 0.25) is 0 Å². The van der Waals surface area contributed by atoms with E-state index in [9.17, 15) is 9.59 Å². The molecule has 4 heterocycles. The number of fused-ring (bicyclic) bond motifs is 2. The zero-order chi connectivity index (χ0) is 16.8. The number of carbonyl (C=O) groups excluding carboxylic acids is 1. The van der Waals surface area contributed by atoms with Crippen LogP contribution in [-0.4, -0.2) is 31.3 Å². The summed E-state index contributed by atoms with van der Waals surface area (Å²) in [6, 6.07) is 7.05. The number of halogens is 1. The molecule has 0 atom stereocenters. The third kappa shape index (κ3) is 2.30.